The van der Waals surface area contributed by atoms with Crippen molar-refractivity contribution in [3.8, 4) is 11.4 Å². The van der Waals surface area contributed by atoms with Gasteiger partial charge in [-0.1, -0.05) is 29.3 Å². The SMILES string of the molecule is Cc1cc(C)c(S(=O)(=O)NCCc2nc(-c3cc4c([nH]c3=O)CCCCC4)no2)c(C)c1. The zero-order valence-corrected chi connectivity index (χ0v) is 19.4. The van der Waals surface area contributed by atoms with Gasteiger partial charge < -0.3 is 9.51 Å². The van der Waals surface area contributed by atoms with E-state index in [4.69, 9.17) is 4.52 Å². The standard InChI is InChI=1S/C23H28N4O4S/c1-14-11-15(2)21(16(3)12-14)32(29,30)24-10-9-20-26-22(27-31-20)18-13-17-7-5-4-6-8-19(17)25-23(18)28/h11-13,24H,4-10H2,1-3H3,(H,25,28). The molecule has 8 nitrogen and oxygen atoms in total. The number of benzene rings is 1. The van der Waals surface area contributed by atoms with Crippen molar-refractivity contribution in [3.05, 3.63) is 62.4 Å². The second kappa shape index (κ2) is 8.99. The maximum atomic E-state index is 12.8. The first-order valence-corrected chi connectivity index (χ1v) is 12.4. The molecule has 1 aliphatic carbocycles. The maximum Gasteiger partial charge on any atom is 0.259 e. The molecule has 0 aliphatic heterocycles. The number of aryl methyl sites for hydroxylation is 5. The Morgan fingerprint density at radius 2 is 1.78 bits per heavy atom. The van der Waals surface area contributed by atoms with Crippen LogP contribution in [0.4, 0.5) is 0 Å². The molecule has 1 aliphatic rings. The maximum absolute atomic E-state index is 12.8. The van der Waals surface area contributed by atoms with Gasteiger partial charge in [-0.3, -0.25) is 4.79 Å². The fourth-order valence-electron chi connectivity index (χ4n) is 4.44. The van der Waals surface area contributed by atoms with Crippen LogP contribution in [0, 0.1) is 20.8 Å². The fraction of sp³-hybridized carbons (Fsp3) is 0.435. The lowest BCUT2D eigenvalue weighted by atomic mass is 10.1. The number of sulfonamides is 1. The monoisotopic (exact) mass is 456 g/mol. The summed E-state index contributed by atoms with van der Waals surface area (Å²) in [6, 6.07) is 5.56. The molecule has 0 saturated carbocycles. The first-order chi connectivity index (χ1) is 15.2. The third-order valence-corrected chi connectivity index (χ3v) is 7.57. The number of aromatic nitrogens is 3. The van der Waals surface area contributed by atoms with E-state index < -0.39 is 10.0 Å². The van der Waals surface area contributed by atoms with Crippen LogP contribution < -0.4 is 10.3 Å². The predicted molar refractivity (Wildman–Crippen MR) is 121 cm³/mol. The smallest absolute Gasteiger partial charge is 0.259 e. The summed E-state index contributed by atoms with van der Waals surface area (Å²) >= 11 is 0. The van der Waals surface area contributed by atoms with Gasteiger partial charge in [-0.2, -0.15) is 4.98 Å². The van der Waals surface area contributed by atoms with Crippen LogP contribution in [0.2, 0.25) is 0 Å². The molecular formula is C23H28N4O4S. The number of nitrogens with zero attached hydrogens (tertiary/aromatic N) is 2. The van der Waals surface area contributed by atoms with E-state index in [-0.39, 0.29) is 30.2 Å². The Morgan fingerprint density at radius 3 is 2.53 bits per heavy atom. The molecule has 0 atom stereocenters. The lowest BCUT2D eigenvalue weighted by Gasteiger charge is -2.12. The number of hydrogen-bond acceptors (Lipinski definition) is 6. The molecule has 32 heavy (non-hydrogen) atoms. The van der Waals surface area contributed by atoms with Crippen LogP contribution in [0.15, 0.2) is 32.4 Å². The number of H-pyrrole nitrogens is 1. The van der Waals surface area contributed by atoms with Crippen LogP contribution in [-0.2, 0) is 29.3 Å². The number of nitrogens with one attached hydrogen (secondary N) is 2. The summed E-state index contributed by atoms with van der Waals surface area (Å²) in [7, 11) is -3.67. The molecule has 3 aromatic rings. The Labute approximate surface area is 187 Å². The number of rotatable bonds is 6. The van der Waals surface area contributed by atoms with Gasteiger partial charge in [0.25, 0.3) is 5.56 Å². The first kappa shape index (κ1) is 22.4. The van der Waals surface area contributed by atoms with Gasteiger partial charge in [-0.15, -0.1) is 0 Å². The molecule has 1 aromatic carbocycles. The van der Waals surface area contributed by atoms with Crippen molar-refractivity contribution in [1.82, 2.24) is 19.8 Å². The van der Waals surface area contributed by atoms with Crippen molar-refractivity contribution in [1.29, 1.82) is 0 Å². The van der Waals surface area contributed by atoms with Crippen LogP contribution >= 0.6 is 0 Å². The van der Waals surface area contributed by atoms with E-state index in [0.717, 1.165) is 48.9 Å². The number of aromatic amines is 1. The summed E-state index contributed by atoms with van der Waals surface area (Å²) < 4.78 is 33.5. The van der Waals surface area contributed by atoms with Crippen LogP contribution in [0.1, 0.15) is 53.1 Å². The summed E-state index contributed by atoms with van der Waals surface area (Å²) in [6.45, 7) is 5.62. The summed E-state index contributed by atoms with van der Waals surface area (Å²) in [5, 5.41) is 3.95. The summed E-state index contributed by atoms with van der Waals surface area (Å²) in [5.41, 5.74) is 4.70. The Balaban J connectivity index is 1.47. The Kier molecular flexibility index (Phi) is 6.30. The highest BCUT2D eigenvalue weighted by atomic mass is 32.2. The van der Waals surface area contributed by atoms with E-state index in [1.54, 1.807) is 13.8 Å². The molecule has 2 N–H and O–H groups in total. The Morgan fingerprint density at radius 1 is 1.06 bits per heavy atom. The average Bonchev–Trinajstić information content (AvgIpc) is 3.04. The molecule has 0 fully saturated rings. The topological polar surface area (TPSA) is 118 Å². The lowest BCUT2D eigenvalue weighted by Crippen LogP contribution is -2.27. The van der Waals surface area contributed by atoms with Gasteiger partial charge in [-0.25, -0.2) is 13.1 Å². The highest BCUT2D eigenvalue weighted by molar-refractivity contribution is 7.89. The lowest BCUT2D eigenvalue weighted by molar-refractivity contribution is 0.379. The molecule has 9 heteroatoms. The second-order valence-corrected chi connectivity index (χ2v) is 10.2. The van der Waals surface area contributed by atoms with Gasteiger partial charge >= 0.3 is 0 Å². The highest BCUT2D eigenvalue weighted by Crippen LogP contribution is 2.23. The zero-order valence-electron chi connectivity index (χ0n) is 18.6. The van der Waals surface area contributed by atoms with E-state index in [1.165, 1.54) is 0 Å². The highest BCUT2D eigenvalue weighted by Gasteiger charge is 2.21. The molecule has 0 saturated heterocycles. The van der Waals surface area contributed by atoms with Gasteiger partial charge in [-0.05, 0) is 69.2 Å². The Hall–Kier alpha value is -2.78. The van der Waals surface area contributed by atoms with E-state index in [0.29, 0.717) is 21.6 Å². The minimum atomic E-state index is -3.67. The van der Waals surface area contributed by atoms with Gasteiger partial charge in [0.15, 0.2) is 0 Å². The molecule has 4 rings (SSSR count). The van der Waals surface area contributed by atoms with Crippen LogP contribution in [0.25, 0.3) is 11.4 Å². The van der Waals surface area contributed by atoms with Crippen molar-refractivity contribution in [2.75, 3.05) is 6.54 Å². The van der Waals surface area contributed by atoms with Crippen molar-refractivity contribution in [2.45, 2.75) is 64.2 Å². The van der Waals surface area contributed by atoms with Gasteiger partial charge in [0.2, 0.25) is 21.7 Å². The van der Waals surface area contributed by atoms with E-state index in [9.17, 15) is 13.2 Å². The molecule has 0 unspecified atom stereocenters. The van der Waals surface area contributed by atoms with Gasteiger partial charge in [0, 0.05) is 18.7 Å². The molecule has 0 bridgehead atoms. The van der Waals surface area contributed by atoms with E-state index in [1.807, 2.05) is 25.1 Å². The fourth-order valence-corrected chi connectivity index (χ4v) is 5.92. The quantitative estimate of drug-likeness (QED) is 0.550. The number of hydrogen-bond donors (Lipinski definition) is 2. The van der Waals surface area contributed by atoms with Gasteiger partial charge in [0.1, 0.15) is 0 Å². The van der Waals surface area contributed by atoms with Crippen LogP contribution in [0.3, 0.4) is 0 Å². The van der Waals surface area contributed by atoms with Crippen molar-refractivity contribution >= 4 is 10.0 Å². The third kappa shape index (κ3) is 4.68. The molecule has 2 heterocycles. The van der Waals surface area contributed by atoms with E-state index in [2.05, 4.69) is 19.8 Å². The number of fused-ring (bicyclic) bond motifs is 1. The zero-order chi connectivity index (χ0) is 22.9. The normalized spacial score (nSPS) is 14.2. The molecule has 0 spiro atoms. The second-order valence-electron chi connectivity index (χ2n) is 8.46. The summed E-state index contributed by atoms with van der Waals surface area (Å²) in [4.78, 5) is 20.1. The Bertz CT molecular complexity index is 1280. The van der Waals surface area contributed by atoms with Crippen molar-refractivity contribution < 1.29 is 12.9 Å². The predicted octanol–water partition coefficient (Wildman–Crippen LogP) is 3.14. The first-order valence-electron chi connectivity index (χ1n) is 10.9. The average molecular weight is 457 g/mol. The minimum absolute atomic E-state index is 0.108. The van der Waals surface area contributed by atoms with Crippen molar-refractivity contribution in [2.24, 2.45) is 0 Å². The molecule has 0 radical (unpaired) electrons. The largest absolute Gasteiger partial charge is 0.339 e. The minimum Gasteiger partial charge on any atom is -0.339 e. The third-order valence-electron chi connectivity index (χ3n) is 5.80. The summed E-state index contributed by atoms with van der Waals surface area (Å²) in [5.74, 6) is 0.496. The summed E-state index contributed by atoms with van der Waals surface area (Å²) in [6.07, 6.45) is 5.34. The molecule has 0 amide bonds. The number of pyridine rings is 1. The van der Waals surface area contributed by atoms with Crippen LogP contribution in [0.5, 0.6) is 0 Å². The van der Waals surface area contributed by atoms with Gasteiger partial charge in [0.05, 0.1) is 10.5 Å². The molecule has 2 aromatic heterocycles. The molecule has 170 valence electrons. The molecular weight excluding hydrogens is 428 g/mol. The van der Waals surface area contributed by atoms with Crippen LogP contribution in [-0.4, -0.2) is 30.1 Å². The van der Waals surface area contributed by atoms with E-state index >= 15 is 0 Å². The van der Waals surface area contributed by atoms with Crippen molar-refractivity contribution in [3.63, 3.8) is 0 Å².